The van der Waals surface area contributed by atoms with E-state index in [-0.39, 0.29) is 11.9 Å². The van der Waals surface area contributed by atoms with Crippen molar-refractivity contribution in [1.82, 2.24) is 9.97 Å². The molecule has 0 saturated carbocycles. The van der Waals surface area contributed by atoms with Crippen LogP contribution in [0.25, 0.3) is 0 Å². The van der Waals surface area contributed by atoms with Crippen LogP contribution in [0.5, 0.6) is 11.6 Å². The Bertz CT molecular complexity index is 519. The molecule has 4 nitrogen and oxygen atoms in total. The molecule has 0 atom stereocenters. The number of aliphatic hydroxyl groups excluding tert-OH is 1. The fraction of sp³-hybridized carbons (Fsp3) is 0.0909. The number of benzene rings is 1. The van der Waals surface area contributed by atoms with Crippen molar-refractivity contribution in [2.24, 2.45) is 0 Å². The van der Waals surface area contributed by atoms with Gasteiger partial charge < -0.3 is 9.84 Å². The molecule has 0 aliphatic carbocycles. The third kappa shape index (κ3) is 3.15. The van der Waals surface area contributed by atoms with Crippen molar-refractivity contribution in [2.75, 3.05) is 0 Å². The number of hydrogen-bond acceptors (Lipinski definition) is 4. The van der Waals surface area contributed by atoms with Gasteiger partial charge in [-0.25, -0.2) is 4.98 Å². The molecule has 1 aromatic heterocycles. The zero-order valence-corrected chi connectivity index (χ0v) is 10.9. The molecule has 88 valence electrons. The predicted octanol–water partition coefficient (Wildman–Crippen LogP) is 3.18. The van der Waals surface area contributed by atoms with Crippen molar-refractivity contribution in [3.05, 3.63) is 45.8 Å². The molecule has 0 saturated heterocycles. The largest absolute Gasteiger partial charge is 0.438 e. The minimum absolute atomic E-state index is 0.00328. The van der Waals surface area contributed by atoms with Crippen LogP contribution in [-0.4, -0.2) is 15.1 Å². The molecule has 0 aliphatic heterocycles. The summed E-state index contributed by atoms with van der Waals surface area (Å²) in [6, 6.07) is 7.03. The van der Waals surface area contributed by atoms with Crippen LogP contribution in [0.1, 0.15) is 5.56 Å². The van der Waals surface area contributed by atoms with Gasteiger partial charge in [-0.05, 0) is 45.2 Å². The molecule has 0 unspecified atom stereocenters. The minimum atomic E-state index is 0.00328. The lowest BCUT2D eigenvalue weighted by molar-refractivity contribution is 0.281. The first-order chi connectivity index (χ1) is 8.19. The van der Waals surface area contributed by atoms with Crippen LogP contribution >= 0.6 is 27.5 Å². The monoisotopic (exact) mass is 314 g/mol. The normalized spacial score (nSPS) is 10.3. The highest BCUT2D eigenvalue weighted by Crippen LogP contribution is 2.27. The second-order valence-electron chi connectivity index (χ2n) is 3.20. The number of ether oxygens (including phenoxy) is 1. The Morgan fingerprint density at radius 3 is 2.65 bits per heavy atom. The minimum Gasteiger partial charge on any atom is -0.438 e. The van der Waals surface area contributed by atoms with Gasteiger partial charge in [0, 0.05) is 6.20 Å². The zero-order chi connectivity index (χ0) is 12.3. The molecule has 2 aromatic rings. The maximum absolute atomic E-state index is 8.91. The molecule has 1 aromatic carbocycles. The van der Waals surface area contributed by atoms with Gasteiger partial charge in [0.2, 0.25) is 11.2 Å². The summed E-state index contributed by atoms with van der Waals surface area (Å²) in [7, 11) is 0. The third-order valence-corrected chi connectivity index (χ3v) is 2.73. The van der Waals surface area contributed by atoms with Crippen LogP contribution in [0.3, 0.4) is 0 Å². The maximum Gasteiger partial charge on any atom is 0.237 e. The quantitative estimate of drug-likeness (QED) is 0.884. The molecule has 6 heteroatoms. The summed E-state index contributed by atoms with van der Waals surface area (Å²) in [6.45, 7) is 0.00328. The highest BCUT2D eigenvalue weighted by atomic mass is 79.9. The molecule has 1 heterocycles. The zero-order valence-electron chi connectivity index (χ0n) is 8.60. The molecule has 0 radical (unpaired) electrons. The summed E-state index contributed by atoms with van der Waals surface area (Å²) >= 11 is 8.94. The molecular formula is C11H8BrClN2O2. The predicted molar refractivity (Wildman–Crippen MR) is 67.2 cm³/mol. The lowest BCUT2D eigenvalue weighted by atomic mass is 10.2. The van der Waals surface area contributed by atoms with E-state index in [0.29, 0.717) is 16.1 Å². The van der Waals surface area contributed by atoms with E-state index in [1.165, 1.54) is 6.20 Å². The van der Waals surface area contributed by atoms with Gasteiger partial charge in [-0.15, -0.1) is 0 Å². The third-order valence-electron chi connectivity index (χ3n) is 2.00. The average Bonchev–Trinajstić information content (AvgIpc) is 2.35. The Balaban J connectivity index is 2.22. The standard InChI is InChI=1S/C11H8BrClN2O2/c12-9-5-14-11(13)15-10(9)17-8-3-1-7(6-16)2-4-8/h1-5,16H,6H2. The van der Waals surface area contributed by atoms with Gasteiger partial charge in [-0.1, -0.05) is 12.1 Å². The first kappa shape index (κ1) is 12.3. The smallest absolute Gasteiger partial charge is 0.237 e. The molecule has 2 rings (SSSR count). The highest BCUT2D eigenvalue weighted by Gasteiger charge is 2.06. The molecule has 0 amide bonds. The summed E-state index contributed by atoms with van der Waals surface area (Å²) in [4.78, 5) is 7.75. The summed E-state index contributed by atoms with van der Waals surface area (Å²) in [6.07, 6.45) is 1.52. The van der Waals surface area contributed by atoms with Gasteiger partial charge in [-0.2, -0.15) is 4.98 Å². The highest BCUT2D eigenvalue weighted by molar-refractivity contribution is 9.10. The molecular weight excluding hydrogens is 307 g/mol. The van der Waals surface area contributed by atoms with E-state index in [1.807, 2.05) is 0 Å². The summed E-state index contributed by atoms with van der Waals surface area (Å²) in [5.41, 5.74) is 0.817. The Hall–Kier alpha value is -1.17. The number of hydrogen-bond donors (Lipinski definition) is 1. The van der Waals surface area contributed by atoms with E-state index < -0.39 is 0 Å². The molecule has 0 aliphatic rings. The Morgan fingerprint density at radius 2 is 2.00 bits per heavy atom. The van der Waals surface area contributed by atoms with Gasteiger partial charge in [0.15, 0.2) is 0 Å². The maximum atomic E-state index is 8.91. The second kappa shape index (κ2) is 5.44. The Kier molecular flexibility index (Phi) is 3.93. The number of halogens is 2. The number of nitrogens with zero attached hydrogens (tertiary/aromatic N) is 2. The van der Waals surface area contributed by atoms with Gasteiger partial charge >= 0.3 is 0 Å². The van der Waals surface area contributed by atoms with Crippen molar-refractivity contribution in [1.29, 1.82) is 0 Å². The first-order valence-corrected chi connectivity index (χ1v) is 5.92. The van der Waals surface area contributed by atoms with E-state index >= 15 is 0 Å². The SMILES string of the molecule is OCc1ccc(Oc2nc(Cl)ncc2Br)cc1. The number of rotatable bonds is 3. The van der Waals surface area contributed by atoms with E-state index in [9.17, 15) is 0 Å². The second-order valence-corrected chi connectivity index (χ2v) is 4.39. The van der Waals surface area contributed by atoms with Gasteiger partial charge in [0.25, 0.3) is 0 Å². The first-order valence-electron chi connectivity index (χ1n) is 4.75. The van der Waals surface area contributed by atoms with Gasteiger partial charge in [0.05, 0.1) is 11.1 Å². The number of aromatic nitrogens is 2. The van der Waals surface area contributed by atoms with E-state index in [1.54, 1.807) is 24.3 Å². The van der Waals surface area contributed by atoms with Crippen molar-refractivity contribution < 1.29 is 9.84 Å². The van der Waals surface area contributed by atoms with E-state index in [4.69, 9.17) is 21.4 Å². The van der Waals surface area contributed by atoms with E-state index in [0.717, 1.165) is 5.56 Å². The summed E-state index contributed by atoms with van der Waals surface area (Å²) in [5.74, 6) is 0.958. The molecule has 0 spiro atoms. The fourth-order valence-electron chi connectivity index (χ4n) is 1.18. The van der Waals surface area contributed by atoms with Gasteiger partial charge in [0.1, 0.15) is 5.75 Å². The van der Waals surface area contributed by atoms with Crippen molar-refractivity contribution in [3.63, 3.8) is 0 Å². The molecule has 0 fully saturated rings. The topological polar surface area (TPSA) is 55.2 Å². The lowest BCUT2D eigenvalue weighted by Crippen LogP contribution is -1.92. The van der Waals surface area contributed by atoms with E-state index in [2.05, 4.69) is 25.9 Å². The van der Waals surface area contributed by atoms with Crippen molar-refractivity contribution >= 4 is 27.5 Å². The Morgan fingerprint density at radius 1 is 1.29 bits per heavy atom. The number of aliphatic hydroxyl groups is 1. The van der Waals surface area contributed by atoms with Crippen LogP contribution in [-0.2, 0) is 6.61 Å². The lowest BCUT2D eigenvalue weighted by Gasteiger charge is -2.06. The Labute approximate surface area is 111 Å². The summed E-state index contributed by atoms with van der Waals surface area (Å²) in [5, 5.41) is 9.03. The summed E-state index contributed by atoms with van der Waals surface area (Å²) < 4.78 is 6.14. The van der Waals surface area contributed by atoms with Crippen LogP contribution in [0, 0.1) is 0 Å². The van der Waals surface area contributed by atoms with Gasteiger partial charge in [-0.3, -0.25) is 0 Å². The van der Waals surface area contributed by atoms with Crippen molar-refractivity contribution in [3.8, 4) is 11.6 Å². The van der Waals surface area contributed by atoms with Crippen LogP contribution < -0.4 is 4.74 Å². The average molecular weight is 316 g/mol. The van der Waals surface area contributed by atoms with Crippen LogP contribution in [0.2, 0.25) is 5.28 Å². The molecule has 0 bridgehead atoms. The molecule has 17 heavy (non-hydrogen) atoms. The van der Waals surface area contributed by atoms with Crippen molar-refractivity contribution in [2.45, 2.75) is 6.61 Å². The fourth-order valence-corrected chi connectivity index (χ4v) is 1.57. The van der Waals surface area contributed by atoms with Crippen LogP contribution in [0.4, 0.5) is 0 Å². The molecule has 1 N–H and O–H groups in total. The van der Waals surface area contributed by atoms with Crippen LogP contribution in [0.15, 0.2) is 34.9 Å².